The molecule has 6 heteroatoms. The quantitative estimate of drug-likeness (QED) is 0.0902. The largest absolute Gasteiger partial charge is 0.454 e. The lowest BCUT2D eigenvalue weighted by Gasteiger charge is -2.30. The molecule has 12 aromatic rings. The molecule has 0 amide bonds. The first-order valence-corrected chi connectivity index (χ1v) is 33.8. The number of fused-ring (bicyclic) bond motifs is 6. The summed E-state index contributed by atoms with van der Waals surface area (Å²) in [5, 5.41) is 14.7. The molecule has 0 N–H and O–H groups in total. The summed E-state index contributed by atoms with van der Waals surface area (Å²) >= 11 is 0. The molecule has 2 heterocycles. The van der Waals surface area contributed by atoms with Crippen molar-refractivity contribution in [3.05, 3.63) is 181 Å². The molecular formula is C68H68N2O2Si2. The van der Waals surface area contributed by atoms with Crippen LogP contribution in [-0.4, -0.2) is 16.1 Å². The number of hydrogen-bond acceptors (Lipinski definition) is 4. The van der Waals surface area contributed by atoms with E-state index >= 15 is 0 Å². The second kappa shape index (κ2) is 17.2. The Morgan fingerprint density at radius 3 is 1.04 bits per heavy atom. The molecule has 0 atom stereocenters. The minimum atomic E-state index is -1.59. The van der Waals surface area contributed by atoms with Crippen LogP contribution < -0.4 is 20.2 Å². The summed E-state index contributed by atoms with van der Waals surface area (Å²) in [4.78, 5) is 4.91. The first kappa shape index (κ1) is 47.9. The van der Waals surface area contributed by atoms with Crippen molar-refractivity contribution in [3.8, 4) is 0 Å². The maximum atomic E-state index is 7.21. The van der Waals surface area contributed by atoms with Gasteiger partial charge in [0.2, 0.25) is 0 Å². The van der Waals surface area contributed by atoms with Crippen LogP contribution in [0.1, 0.15) is 65.5 Å². The normalized spacial score (nSPS) is 13.0. The van der Waals surface area contributed by atoms with E-state index in [2.05, 4.69) is 260 Å². The molecule has 0 bridgehead atoms. The second-order valence-electron chi connectivity index (χ2n) is 24.2. The van der Waals surface area contributed by atoms with Crippen LogP contribution in [0.3, 0.4) is 0 Å². The zero-order valence-corrected chi connectivity index (χ0v) is 47.3. The SMILES string of the molecule is CCC(C)(C)c1cccc2c1oc1c(N(c3ccc([Si](C)(C)C)cc3)c3ccc4ccc5c(N(c6ccc([Si](C)(C)C)cc6)c6cccc7c6oc6c(C(C)(C)CC)cccc67)ccc6ccc3c4c65)cccc12. The second-order valence-corrected chi connectivity index (χ2v) is 34.4. The Morgan fingerprint density at radius 2 is 0.689 bits per heavy atom. The third-order valence-corrected chi connectivity index (χ3v) is 20.9. The minimum absolute atomic E-state index is 0.0498. The number of para-hydroxylation sites is 4. The van der Waals surface area contributed by atoms with E-state index in [-0.39, 0.29) is 10.8 Å². The number of benzene rings is 10. The summed E-state index contributed by atoms with van der Waals surface area (Å²) in [5.74, 6) is 0. The number of nitrogens with zero attached hydrogens (tertiary/aromatic N) is 2. The third-order valence-electron chi connectivity index (χ3n) is 16.8. The average molecular weight is 1000 g/mol. The predicted octanol–water partition coefficient (Wildman–Crippen LogP) is 19.8. The average Bonchev–Trinajstić information content (AvgIpc) is 3.99. The Hall–Kier alpha value is -7.13. The highest BCUT2D eigenvalue weighted by atomic mass is 28.3. The predicted molar refractivity (Wildman–Crippen MR) is 327 cm³/mol. The van der Waals surface area contributed by atoms with Crippen molar-refractivity contribution in [3.63, 3.8) is 0 Å². The Morgan fingerprint density at radius 1 is 0.351 bits per heavy atom. The molecule has 4 nitrogen and oxygen atoms in total. The van der Waals surface area contributed by atoms with Gasteiger partial charge in [-0.25, -0.2) is 0 Å². The van der Waals surface area contributed by atoms with Crippen molar-refractivity contribution in [1.29, 1.82) is 0 Å². The van der Waals surface area contributed by atoms with E-state index in [0.29, 0.717) is 0 Å². The molecule has 0 unspecified atom stereocenters. The van der Waals surface area contributed by atoms with Crippen LogP contribution in [0.25, 0.3) is 76.2 Å². The molecule has 0 saturated carbocycles. The molecule has 0 radical (unpaired) electrons. The van der Waals surface area contributed by atoms with Crippen molar-refractivity contribution >= 4 is 137 Å². The van der Waals surface area contributed by atoms with Crippen molar-refractivity contribution in [2.75, 3.05) is 9.80 Å². The van der Waals surface area contributed by atoms with Crippen molar-refractivity contribution < 1.29 is 8.83 Å². The van der Waals surface area contributed by atoms with E-state index in [1.807, 2.05) is 0 Å². The summed E-state index contributed by atoms with van der Waals surface area (Å²) < 4.78 is 14.4. The highest BCUT2D eigenvalue weighted by Crippen LogP contribution is 2.51. The maximum Gasteiger partial charge on any atom is 0.159 e. The van der Waals surface area contributed by atoms with Gasteiger partial charge in [-0.2, -0.15) is 0 Å². The van der Waals surface area contributed by atoms with Gasteiger partial charge in [-0.05, 0) is 93.7 Å². The first-order chi connectivity index (χ1) is 35.4. The molecule has 0 saturated heterocycles. The van der Waals surface area contributed by atoms with Crippen LogP contribution in [0.5, 0.6) is 0 Å². The van der Waals surface area contributed by atoms with Gasteiger partial charge in [0.15, 0.2) is 11.2 Å². The van der Waals surface area contributed by atoms with Gasteiger partial charge in [-0.15, -0.1) is 0 Å². The van der Waals surface area contributed by atoms with Gasteiger partial charge >= 0.3 is 0 Å². The zero-order chi connectivity index (χ0) is 51.6. The van der Waals surface area contributed by atoms with Gasteiger partial charge in [0.25, 0.3) is 0 Å². The first-order valence-electron chi connectivity index (χ1n) is 26.8. The molecule has 0 aliphatic heterocycles. The van der Waals surface area contributed by atoms with Gasteiger partial charge in [-0.3, -0.25) is 0 Å². The summed E-state index contributed by atoms with van der Waals surface area (Å²) in [6.45, 7) is 28.4. The highest BCUT2D eigenvalue weighted by molar-refractivity contribution is 6.89. The van der Waals surface area contributed by atoms with Crippen LogP contribution in [0, 0.1) is 0 Å². The van der Waals surface area contributed by atoms with E-state index < -0.39 is 16.1 Å². The molecule has 0 spiro atoms. The Balaban J connectivity index is 1.12. The number of hydrogen-bond donors (Lipinski definition) is 0. The monoisotopic (exact) mass is 1000 g/mol. The van der Waals surface area contributed by atoms with E-state index in [1.54, 1.807) is 0 Å². The van der Waals surface area contributed by atoms with E-state index in [0.717, 1.165) is 90.8 Å². The summed E-state index contributed by atoms with van der Waals surface area (Å²) in [6, 6.07) is 64.1. The molecular weight excluding hydrogens is 933 g/mol. The topological polar surface area (TPSA) is 32.8 Å². The Bertz CT molecular complexity index is 3860. The fourth-order valence-corrected chi connectivity index (χ4v) is 13.9. The Labute approximate surface area is 438 Å². The van der Waals surface area contributed by atoms with Crippen molar-refractivity contribution in [2.24, 2.45) is 0 Å². The number of anilines is 6. The van der Waals surface area contributed by atoms with Crippen molar-refractivity contribution in [2.45, 2.75) is 104 Å². The molecule has 370 valence electrons. The minimum Gasteiger partial charge on any atom is -0.454 e. The summed E-state index contributed by atoms with van der Waals surface area (Å²) in [6.07, 6.45) is 2.01. The van der Waals surface area contributed by atoms with Gasteiger partial charge in [0.1, 0.15) is 11.2 Å². The molecule has 74 heavy (non-hydrogen) atoms. The standard InChI is InChI=1S/C68H68N2O2Si2/c1-13-67(3,4)55-23-15-19-49-51-21-17-25-59(65(51)71-63(49)55)69(45-31-35-47(36-32-45)73(7,8)9)57-41-29-43-28-40-54-58(42-30-44-27-39-53(57)61(43)62(44)54)70(46-33-37-48(38-34-46)74(10,11)12)60-26-18-22-52-50-20-16-24-56(68(5,6)14-2)64(50)72-66(52)60/h15-42H,13-14H2,1-12H3. The lowest BCUT2D eigenvalue weighted by Crippen LogP contribution is -2.37. The fraction of sp³-hybridized carbons (Fsp3) is 0.235. The number of furan rings is 2. The van der Waals surface area contributed by atoms with E-state index in [9.17, 15) is 0 Å². The molecule has 0 aliphatic rings. The summed E-state index contributed by atoms with van der Waals surface area (Å²) in [5.41, 5.74) is 12.6. The lowest BCUT2D eigenvalue weighted by atomic mass is 9.81. The molecule has 0 fully saturated rings. The van der Waals surface area contributed by atoms with Gasteiger partial charge in [-0.1, -0.05) is 213 Å². The number of rotatable bonds is 12. The van der Waals surface area contributed by atoms with Gasteiger partial charge in [0, 0.05) is 54.8 Å². The van der Waals surface area contributed by atoms with Crippen LogP contribution >= 0.6 is 0 Å². The third kappa shape index (κ3) is 7.58. The lowest BCUT2D eigenvalue weighted by molar-refractivity contribution is 0.500. The van der Waals surface area contributed by atoms with E-state index in [1.165, 1.54) is 53.8 Å². The highest BCUT2D eigenvalue weighted by Gasteiger charge is 2.30. The maximum absolute atomic E-state index is 7.21. The van der Waals surface area contributed by atoms with Crippen molar-refractivity contribution in [1.82, 2.24) is 0 Å². The molecule has 0 aliphatic carbocycles. The van der Waals surface area contributed by atoms with Crippen LogP contribution in [0.4, 0.5) is 34.1 Å². The Kier molecular flexibility index (Phi) is 11.1. The fourth-order valence-electron chi connectivity index (χ4n) is 11.6. The van der Waals surface area contributed by atoms with Crippen LogP contribution in [0.2, 0.25) is 39.3 Å². The van der Waals surface area contributed by atoms with E-state index in [4.69, 9.17) is 8.83 Å². The molecule has 2 aromatic heterocycles. The smallest absolute Gasteiger partial charge is 0.159 e. The molecule has 12 rings (SSSR count). The van der Waals surface area contributed by atoms with Gasteiger partial charge < -0.3 is 18.6 Å². The van der Waals surface area contributed by atoms with Crippen LogP contribution in [-0.2, 0) is 10.8 Å². The molecule has 10 aromatic carbocycles. The zero-order valence-electron chi connectivity index (χ0n) is 45.3. The van der Waals surface area contributed by atoms with Gasteiger partial charge in [0.05, 0.1) is 38.9 Å². The summed E-state index contributed by atoms with van der Waals surface area (Å²) in [7, 11) is -3.18. The van der Waals surface area contributed by atoms with Crippen LogP contribution in [0.15, 0.2) is 179 Å².